The van der Waals surface area contributed by atoms with Gasteiger partial charge in [0, 0.05) is 40.5 Å². The third-order valence-corrected chi connectivity index (χ3v) is 4.89. The maximum Gasteiger partial charge on any atom is 0.227 e. The van der Waals surface area contributed by atoms with Gasteiger partial charge in [-0.2, -0.15) is 10.1 Å². The standard InChI is InChI=1S/C16H13N7S/c1-2-13-10(6-18-22-13)5-12(1)20-15-3-4-17-16(21-15)23-8-11-7-19-24-14(11)9-23/h1-7H,8-9H2,(H,18,22)(H,17,20,21). The van der Waals surface area contributed by atoms with Crippen molar-refractivity contribution in [1.29, 1.82) is 0 Å². The summed E-state index contributed by atoms with van der Waals surface area (Å²) in [5, 5.41) is 11.4. The third-order valence-electron chi connectivity index (χ3n) is 4.06. The number of benzene rings is 1. The summed E-state index contributed by atoms with van der Waals surface area (Å²) in [5.41, 5.74) is 3.26. The molecule has 0 radical (unpaired) electrons. The molecule has 0 fully saturated rings. The Kier molecular flexibility index (Phi) is 2.95. The van der Waals surface area contributed by atoms with E-state index in [1.807, 2.05) is 36.7 Å². The van der Waals surface area contributed by atoms with E-state index < -0.39 is 0 Å². The predicted molar refractivity (Wildman–Crippen MR) is 93.4 cm³/mol. The van der Waals surface area contributed by atoms with Gasteiger partial charge in [-0.1, -0.05) is 0 Å². The third kappa shape index (κ3) is 2.28. The first-order valence-electron chi connectivity index (χ1n) is 7.56. The minimum Gasteiger partial charge on any atom is -0.340 e. The van der Waals surface area contributed by atoms with Crippen molar-refractivity contribution in [2.45, 2.75) is 13.1 Å². The molecule has 0 atom stereocenters. The van der Waals surface area contributed by atoms with Crippen LogP contribution in [0.2, 0.25) is 0 Å². The van der Waals surface area contributed by atoms with E-state index in [1.165, 1.54) is 10.4 Å². The largest absolute Gasteiger partial charge is 0.340 e. The molecule has 5 rings (SSSR count). The van der Waals surface area contributed by atoms with E-state index in [4.69, 9.17) is 0 Å². The number of nitrogens with zero attached hydrogens (tertiary/aromatic N) is 5. The van der Waals surface area contributed by atoms with Crippen molar-refractivity contribution in [3.05, 3.63) is 53.3 Å². The monoisotopic (exact) mass is 335 g/mol. The van der Waals surface area contributed by atoms with E-state index in [0.29, 0.717) is 0 Å². The summed E-state index contributed by atoms with van der Waals surface area (Å²) in [6.07, 6.45) is 5.52. The molecule has 8 heteroatoms. The first-order chi connectivity index (χ1) is 11.8. The molecule has 7 nitrogen and oxygen atoms in total. The molecule has 4 aromatic rings. The molecular formula is C16H13N7S. The minimum atomic E-state index is 0.729. The molecule has 0 aliphatic carbocycles. The molecule has 118 valence electrons. The second kappa shape index (κ2) is 5.27. The minimum absolute atomic E-state index is 0.729. The van der Waals surface area contributed by atoms with Gasteiger partial charge in [0.2, 0.25) is 5.95 Å². The Morgan fingerprint density at radius 1 is 1.17 bits per heavy atom. The van der Waals surface area contributed by atoms with Crippen LogP contribution in [0, 0.1) is 0 Å². The maximum atomic E-state index is 4.64. The zero-order valence-corrected chi connectivity index (χ0v) is 13.4. The lowest BCUT2D eigenvalue weighted by Gasteiger charge is -2.16. The second-order valence-corrected chi connectivity index (χ2v) is 6.56. The van der Waals surface area contributed by atoms with Gasteiger partial charge >= 0.3 is 0 Å². The second-order valence-electron chi connectivity index (χ2n) is 5.67. The number of H-pyrrole nitrogens is 1. The number of aromatic nitrogens is 5. The van der Waals surface area contributed by atoms with E-state index in [2.05, 4.69) is 34.8 Å². The van der Waals surface area contributed by atoms with Crippen LogP contribution in [0.1, 0.15) is 10.4 Å². The SMILES string of the molecule is c1cc(Nc2ccc3[nH]ncc3c2)nc(N2Cc3cnsc3C2)n1. The molecule has 1 aliphatic rings. The van der Waals surface area contributed by atoms with E-state index in [0.717, 1.165) is 41.4 Å². The highest BCUT2D eigenvalue weighted by Gasteiger charge is 2.23. The predicted octanol–water partition coefficient (Wildman–Crippen LogP) is 3.07. The Hall–Kier alpha value is -3.00. The number of hydrogen-bond acceptors (Lipinski definition) is 7. The van der Waals surface area contributed by atoms with Crippen molar-refractivity contribution in [3.8, 4) is 0 Å². The average Bonchev–Trinajstić information content (AvgIpc) is 3.30. The van der Waals surface area contributed by atoms with Gasteiger partial charge in [-0.05, 0) is 35.8 Å². The van der Waals surface area contributed by atoms with Crippen LogP contribution < -0.4 is 10.2 Å². The van der Waals surface area contributed by atoms with Crippen molar-refractivity contribution in [2.24, 2.45) is 0 Å². The topological polar surface area (TPSA) is 82.6 Å². The van der Waals surface area contributed by atoms with Gasteiger partial charge in [0.05, 0.1) is 18.3 Å². The number of nitrogens with one attached hydrogen (secondary N) is 2. The van der Waals surface area contributed by atoms with E-state index >= 15 is 0 Å². The summed E-state index contributed by atoms with van der Waals surface area (Å²) in [7, 11) is 0. The highest BCUT2D eigenvalue weighted by molar-refractivity contribution is 7.05. The summed E-state index contributed by atoms with van der Waals surface area (Å²) in [5.74, 6) is 1.50. The fourth-order valence-electron chi connectivity index (χ4n) is 2.86. The van der Waals surface area contributed by atoms with Gasteiger partial charge in [0.25, 0.3) is 0 Å². The summed E-state index contributed by atoms with van der Waals surface area (Å²) >= 11 is 1.55. The Balaban J connectivity index is 1.40. The lowest BCUT2D eigenvalue weighted by molar-refractivity contribution is 0.830. The molecule has 0 saturated heterocycles. The first-order valence-corrected chi connectivity index (χ1v) is 8.33. The fourth-order valence-corrected chi connectivity index (χ4v) is 3.61. The summed E-state index contributed by atoms with van der Waals surface area (Å²) in [4.78, 5) is 12.5. The van der Waals surface area contributed by atoms with Gasteiger partial charge in [0.1, 0.15) is 5.82 Å². The normalized spacial score (nSPS) is 13.4. The van der Waals surface area contributed by atoms with Crippen molar-refractivity contribution in [2.75, 3.05) is 10.2 Å². The van der Waals surface area contributed by atoms with E-state index in [1.54, 1.807) is 17.7 Å². The van der Waals surface area contributed by atoms with Crippen molar-refractivity contribution in [1.82, 2.24) is 24.5 Å². The molecule has 0 amide bonds. The number of rotatable bonds is 3. The fraction of sp³-hybridized carbons (Fsp3) is 0.125. The Labute approximate surface area is 141 Å². The molecule has 0 unspecified atom stereocenters. The van der Waals surface area contributed by atoms with Gasteiger partial charge in [-0.15, -0.1) is 0 Å². The quantitative estimate of drug-likeness (QED) is 0.599. The highest BCUT2D eigenvalue weighted by Crippen LogP contribution is 2.29. The average molecular weight is 335 g/mol. The highest BCUT2D eigenvalue weighted by atomic mass is 32.1. The molecule has 0 spiro atoms. The lowest BCUT2D eigenvalue weighted by Crippen LogP contribution is -2.18. The number of anilines is 3. The molecule has 0 bridgehead atoms. The molecule has 3 aromatic heterocycles. The van der Waals surface area contributed by atoms with Crippen LogP contribution >= 0.6 is 11.5 Å². The van der Waals surface area contributed by atoms with Crippen molar-refractivity contribution in [3.63, 3.8) is 0 Å². The number of fused-ring (bicyclic) bond motifs is 2. The summed E-state index contributed by atoms with van der Waals surface area (Å²) in [6, 6.07) is 7.91. The Morgan fingerprint density at radius 2 is 2.17 bits per heavy atom. The Morgan fingerprint density at radius 3 is 3.12 bits per heavy atom. The van der Waals surface area contributed by atoms with Crippen LogP contribution in [0.4, 0.5) is 17.5 Å². The van der Waals surface area contributed by atoms with Crippen LogP contribution in [0.15, 0.2) is 42.9 Å². The van der Waals surface area contributed by atoms with Crippen LogP contribution in [0.25, 0.3) is 10.9 Å². The van der Waals surface area contributed by atoms with E-state index in [-0.39, 0.29) is 0 Å². The summed E-state index contributed by atoms with van der Waals surface area (Å²) < 4.78 is 4.22. The maximum absolute atomic E-state index is 4.64. The zero-order valence-electron chi connectivity index (χ0n) is 12.6. The van der Waals surface area contributed by atoms with Gasteiger partial charge in [0.15, 0.2) is 0 Å². The number of aromatic amines is 1. The van der Waals surface area contributed by atoms with Crippen molar-refractivity contribution < 1.29 is 0 Å². The Bertz CT molecular complexity index is 1000. The van der Waals surface area contributed by atoms with Gasteiger partial charge < -0.3 is 10.2 Å². The van der Waals surface area contributed by atoms with Gasteiger partial charge in [-0.3, -0.25) is 5.10 Å². The molecule has 1 aliphatic heterocycles. The van der Waals surface area contributed by atoms with Crippen LogP contribution in [0.5, 0.6) is 0 Å². The molecule has 4 heterocycles. The smallest absolute Gasteiger partial charge is 0.227 e. The van der Waals surface area contributed by atoms with Crippen LogP contribution in [-0.4, -0.2) is 24.5 Å². The zero-order chi connectivity index (χ0) is 15.9. The lowest BCUT2D eigenvalue weighted by atomic mass is 10.2. The number of hydrogen-bond donors (Lipinski definition) is 2. The molecule has 1 aromatic carbocycles. The molecular weight excluding hydrogens is 322 g/mol. The van der Waals surface area contributed by atoms with Crippen LogP contribution in [0.3, 0.4) is 0 Å². The molecule has 0 saturated carbocycles. The van der Waals surface area contributed by atoms with Crippen molar-refractivity contribution >= 4 is 39.9 Å². The summed E-state index contributed by atoms with van der Waals surface area (Å²) in [6.45, 7) is 1.64. The first kappa shape index (κ1) is 13.4. The van der Waals surface area contributed by atoms with Gasteiger partial charge in [-0.25, -0.2) is 9.36 Å². The van der Waals surface area contributed by atoms with E-state index in [9.17, 15) is 0 Å². The van der Waals surface area contributed by atoms with Crippen LogP contribution in [-0.2, 0) is 13.1 Å². The molecule has 2 N–H and O–H groups in total. The molecule has 24 heavy (non-hydrogen) atoms.